The summed E-state index contributed by atoms with van der Waals surface area (Å²) in [5.74, 6) is 0.535. The number of nitrogens with zero attached hydrogens (tertiary/aromatic N) is 3. The standard InChI is InChI=1S/C22H28N4O4S/c1-15-6-5-7-16(12-15)13-20(27)26-10-4-3-8-19(26)21-23-18-9-11-25(31(2,29)30)14-17(18)22(28)24-21/h5-7,12,19H,3-4,8-11,13-14H2,1-2H3,(H,23,24,28)/t19-/m1/s1. The van der Waals surface area contributed by atoms with E-state index in [1.807, 2.05) is 36.1 Å². The molecule has 3 heterocycles. The maximum absolute atomic E-state index is 13.1. The summed E-state index contributed by atoms with van der Waals surface area (Å²) in [5, 5.41) is 0. The number of aromatic nitrogens is 2. The zero-order chi connectivity index (χ0) is 22.2. The van der Waals surface area contributed by atoms with Gasteiger partial charge < -0.3 is 9.88 Å². The summed E-state index contributed by atoms with van der Waals surface area (Å²) in [5.41, 5.74) is 2.81. The van der Waals surface area contributed by atoms with Crippen molar-refractivity contribution in [1.82, 2.24) is 19.2 Å². The van der Waals surface area contributed by atoms with Gasteiger partial charge in [0.05, 0.1) is 30.0 Å². The summed E-state index contributed by atoms with van der Waals surface area (Å²) in [6.07, 6.45) is 4.49. The summed E-state index contributed by atoms with van der Waals surface area (Å²) < 4.78 is 25.0. The van der Waals surface area contributed by atoms with Gasteiger partial charge in [0.2, 0.25) is 15.9 Å². The second-order valence-electron chi connectivity index (χ2n) is 8.49. The van der Waals surface area contributed by atoms with Crippen molar-refractivity contribution in [3.05, 3.63) is 62.8 Å². The van der Waals surface area contributed by atoms with Crippen LogP contribution in [0.4, 0.5) is 0 Å². The van der Waals surface area contributed by atoms with Gasteiger partial charge in [0.25, 0.3) is 5.56 Å². The molecule has 4 rings (SSSR count). The number of carbonyl (C=O) groups excluding carboxylic acids is 1. The fourth-order valence-electron chi connectivity index (χ4n) is 4.47. The van der Waals surface area contributed by atoms with Crippen LogP contribution in [0.1, 0.15) is 53.5 Å². The number of fused-ring (bicyclic) bond motifs is 1. The van der Waals surface area contributed by atoms with Crippen molar-refractivity contribution in [2.75, 3.05) is 19.3 Å². The normalized spacial score (nSPS) is 19.8. The smallest absolute Gasteiger partial charge is 0.255 e. The molecule has 31 heavy (non-hydrogen) atoms. The lowest BCUT2D eigenvalue weighted by Gasteiger charge is -2.36. The number of amides is 1. The van der Waals surface area contributed by atoms with Crippen molar-refractivity contribution >= 4 is 15.9 Å². The number of likely N-dealkylation sites (tertiary alicyclic amines) is 1. The predicted octanol–water partition coefficient (Wildman–Crippen LogP) is 1.69. The van der Waals surface area contributed by atoms with Gasteiger partial charge in [-0.25, -0.2) is 13.4 Å². The number of benzene rings is 1. The first kappa shape index (κ1) is 21.7. The number of hydrogen-bond acceptors (Lipinski definition) is 5. The van der Waals surface area contributed by atoms with E-state index in [-0.39, 0.29) is 24.1 Å². The number of rotatable bonds is 4. The van der Waals surface area contributed by atoms with E-state index >= 15 is 0 Å². The van der Waals surface area contributed by atoms with Crippen LogP contribution in [0, 0.1) is 6.92 Å². The largest absolute Gasteiger partial charge is 0.332 e. The van der Waals surface area contributed by atoms with Crippen LogP contribution in [0.25, 0.3) is 0 Å². The molecule has 1 amide bonds. The van der Waals surface area contributed by atoms with Gasteiger partial charge in [-0.05, 0) is 31.7 Å². The molecule has 0 spiro atoms. The molecule has 1 atom stereocenters. The lowest BCUT2D eigenvalue weighted by atomic mass is 9.99. The zero-order valence-corrected chi connectivity index (χ0v) is 18.7. The van der Waals surface area contributed by atoms with Gasteiger partial charge in [-0.3, -0.25) is 9.59 Å². The average molecular weight is 445 g/mol. The first-order valence-corrected chi connectivity index (χ1v) is 12.5. The highest BCUT2D eigenvalue weighted by molar-refractivity contribution is 7.88. The van der Waals surface area contributed by atoms with Crippen LogP contribution < -0.4 is 5.56 Å². The molecule has 0 bridgehead atoms. The van der Waals surface area contributed by atoms with E-state index in [2.05, 4.69) is 4.98 Å². The molecule has 0 aliphatic carbocycles. The van der Waals surface area contributed by atoms with Crippen molar-refractivity contribution < 1.29 is 13.2 Å². The Hall–Kier alpha value is -2.52. The summed E-state index contributed by atoms with van der Waals surface area (Å²) in [6.45, 7) is 2.99. The van der Waals surface area contributed by atoms with Crippen molar-refractivity contribution in [3.8, 4) is 0 Å². The van der Waals surface area contributed by atoms with Crippen LogP contribution >= 0.6 is 0 Å². The van der Waals surface area contributed by atoms with Gasteiger partial charge in [0.1, 0.15) is 5.82 Å². The topological polar surface area (TPSA) is 103 Å². The molecule has 0 saturated carbocycles. The third kappa shape index (κ3) is 4.72. The summed E-state index contributed by atoms with van der Waals surface area (Å²) in [6, 6.07) is 7.66. The number of sulfonamides is 1. The Kier molecular flexibility index (Phi) is 5.98. The van der Waals surface area contributed by atoms with Gasteiger partial charge >= 0.3 is 0 Å². The zero-order valence-electron chi connectivity index (χ0n) is 17.9. The monoisotopic (exact) mass is 444 g/mol. The number of aryl methyl sites for hydroxylation is 1. The van der Waals surface area contributed by atoms with E-state index in [0.29, 0.717) is 43.0 Å². The number of H-pyrrole nitrogens is 1. The van der Waals surface area contributed by atoms with E-state index in [0.717, 1.165) is 36.6 Å². The summed E-state index contributed by atoms with van der Waals surface area (Å²) in [4.78, 5) is 35.3. The van der Waals surface area contributed by atoms with Gasteiger partial charge in [-0.1, -0.05) is 29.8 Å². The molecule has 0 unspecified atom stereocenters. The van der Waals surface area contributed by atoms with Crippen LogP contribution in [0.3, 0.4) is 0 Å². The molecule has 1 saturated heterocycles. The van der Waals surface area contributed by atoms with Crippen LogP contribution in [0.15, 0.2) is 29.1 Å². The molecule has 0 radical (unpaired) electrons. The van der Waals surface area contributed by atoms with Crippen molar-refractivity contribution in [3.63, 3.8) is 0 Å². The summed E-state index contributed by atoms with van der Waals surface area (Å²) >= 11 is 0. The lowest BCUT2D eigenvalue weighted by Crippen LogP contribution is -2.42. The maximum Gasteiger partial charge on any atom is 0.255 e. The van der Waals surface area contributed by atoms with Crippen LogP contribution in [0.5, 0.6) is 0 Å². The van der Waals surface area contributed by atoms with Crippen molar-refractivity contribution in [1.29, 1.82) is 0 Å². The first-order valence-electron chi connectivity index (χ1n) is 10.6. The predicted molar refractivity (Wildman–Crippen MR) is 117 cm³/mol. The maximum atomic E-state index is 13.1. The highest BCUT2D eigenvalue weighted by Gasteiger charge is 2.32. The van der Waals surface area contributed by atoms with Crippen LogP contribution in [-0.4, -0.2) is 52.8 Å². The minimum Gasteiger partial charge on any atom is -0.332 e. The van der Waals surface area contributed by atoms with Gasteiger partial charge in [-0.15, -0.1) is 0 Å². The Morgan fingerprint density at radius 1 is 1.26 bits per heavy atom. The van der Waals surface area contributed by atoms with E-state index in [9.17, 15) is 18.0 Å². The molecule has 2 aliphatic rings. The fraction of sp³-hybridized carbons (Fsp3) is 0.500. The first-order chi connectivity index (χ1) is 14.7. The highest BCUT2D eigenvalue weighted by atomic mass is 32.2. The highest BCUT2D eigenvalue weighted by Crippen LogP contribution is 2.30. The van der Waals surface area contributed by atoms with Crippen molar-refractivity contribution in [2.24, 2.45) is 0 Å². The minimum atomic E-state index is -3.37. The molecular weight excluding hydrogens is 416 g/mol. The molecule has 1 aromatic heterocycles. The molecular formula is C22H28N4O4S. The number of piperidine rings is 1. The van der Waals surface area contributed by atoms with Gasteiger partial charge in [0, 0.05) is 26.1 Å². The Morgan fingerprint density at radius 3 is 2.81 bits per heavy atom. The number of hydrogen-bond donors (Lipinski definition) is 1. The number of aromatic amines is 1. The Balaban J connectivity index is 1.59. The number of carbonyl (C=O) groups is 1. The lowest BCUT2D eigenvalue weighted by molar-refractivity contribution is -0.134. The molecule has 9 heteroatoms. The van der Waals surface area contributed by atoms with Crippen molar-refractivity contribution in [2.45, 2.75) is 51.6 Å². The quantitative estimate of drug-likeness (QED) is 0.773. The fourth-order valence-corrected chi connectivity index (χ4v) is 5.26. The molecule has 1 N–H and O–H groups in total. The average Bonchev–Trinajstić information content (AvgIpc) is 2.73. The molecule has 1 aromatic carbocycles. The van der Waals surface area contributed by atoms with Gasteiger partial charge in [-0.2, -0.15) is 4.31 Å². The Morgan fingerprint density at radius 2 is 2.06 bits per heavy atom. The molecule has 1 fully saturated rings. The second kappa shape index (κ2) is 8.55. The third-order valence-corrected chi connectivity index (χ3v) is 7.35. The van der Waals surface area contributed by atoms with E-state index in [1.165, 1.54) is 4.31 Å². The van der Waals surface area contributed by atoms with Gasteiger partial charge in [0.15, 0.2) is 0 Å². The Labute approximate surface area is 182 Å². The minimum absolute atomic E-state index is 0.0268. The van der Waals surface area contributed by atoms with Crippen LogP contribution in [-0.2, 0) is 34.2 Å². The summed E-state index contributed by atoms with van der Waals surface area (Å²) in [7, 11) is -3.37. The number of nitrogens with one attached hydrogen (secondary N) is 1. The molecule has 2 aliphatic heterocycles. The molecule has 166 valence electrons. The van der Waals surface area contributed by atoms with Crippen LogP contribution in [0.2, 0.25) is 0 Å². The van der Waals surface area contributed by atoms with E-state index in [4.69, 9.17) is 4.98 Å². The second-order valence-corrected chi connectivity index (χ2v) is 10.5. The Bertz CT molecular complexity index is 1160. The molecule has 8 nitrogen and oxygen atoms in total. The SMILES string of the molecule is Cc1cccc(CC(=O)N2CCCC[C@@H]2c2nc3c(c(=O)[nH]2)CN(S(C)(=O)=O)CC3)c1. The van der Waals surface area contributed by atoms with E-state index < -0.39 is 10.0 Å². The third-order valence-electron chi connectivity index (χ3n) is 6.10. The molecule has 2 aromatic rings. The van der Waals surface area contributed by atoms with E-state index in [1.54, 1.807) is 0 Å².